The Morgan fingerprint density at radius 2 is 2.00 bits per heavy atom. The Hall–Kier alpha value is -1.84. The number of imidazole rings is 1. The highest BCUT2D eigenvalue weighted by Gasteiger charge is 2.13. The molecule has 0 fully saturated rings. The van der Waals surface area contributed by atoms with Gasteiger partial charge in [-0.3, -0.25) is 4.79 Å². The van der Waals surface area contributed by atoms with E-state index in [2.05, 4.69) is 28.6 Å². The Morgan fingerprint density at radius 3 is 2.71 bits per heavy atom. The summed E-state index contributed by atoms with van der Waals surface area (Å²) in [4.78, 5) is 15.5. The second kappa shape index (κ2) is 7.25. The summed E-state index contributed by atoms with van der Waals surface area (Å²) in [6, 6.07) is 6.13. The number of rotatable bonds is 8. The van der Waals surface area contributed by atoms with Crippen LogP contribution in [0.15, 0.2) is 18.2 Å². The van der Waals surface area contributed by atoms with Crippen molar-refractivity contribution in [1.29, 1.82) is 0 Å². The van der Waals surface area contributed by atoms with E-state index in [1.807, 2.05) is 13.0 Å². The number of nitrogens with zero attached hydrogens (tertiary/aromatic N) is 2. The van der Waals surface area contributed by atoms with E-state index in [-0.39, 0.29) is 6.42 Å². The number of benzene rings is 1. The van der Waals surface area contributed by atoms with Gasteiger partial charge in [-0.15, -0.1) is 0 Å². The standard InChI is InChI=1S/C17H24N2O2/c1-3-4-5-6-7-10-19-15-9-8-13(2)11-14(15)18-16(19)12-17(20)21/h8-9,11H,3-7,10,12H2,1-2H3,(H,20,21). The minimum absolute atomic E-state index is 0.0112. The molecule has 21 heavy (non-hydrogen) atoms. The molecule has 0 saturated heterocycles. The minimum atomic E-state index is -0.825. The summed E-state index contributed by atoms with van der Waals surface area (Å²) in [6.45, 7) is 5.09. The zero-order valence-corrected chi connectivity index (χ0v) is 12.9. The van der Waals surface area contributed by atoms with Gasteiger partial charge < -0.3 is 9.67 Å². The lowest BCUT2D eigenvalue weighted by Crippen LogP contribution is -2.09. The van der Waals surface area contributed by atoms with Gasteiger partial charge in [-0.25, -0.2) is 4.98 Å². The SMILES string of the molecule is CCCCCCCn1c(CC(=O)O)nc2cc(C)ccc21. The number of fused-ring (bicyclic) bond motifs is 1. The fourth-order valence-electron chi connectivity index (χ4n) is 2.68. The van der Waals surface area contributed by atoms with Crippen LogP contribution in [-0.2, 0) is 17.8 Å². The first-order chi connectivity index (χ1) is 10.1. The van der Waals surface area contributed by atoms with Crippen LogP contribution < -0.4 is 0 Å². The number of hydrogen-bond donors (Lipinski definition) is 1. The molecule has 0 radical (unpaired) electrons. The largest absolute Gasteiger partial charge is 0.481 e. The second-order valence-corrected chi connectivity index (χ2v) is 5.66. The van der Waals surface area contributed by atoms with E-state index in [9.17, 15) is 4.79 Å². The van der Waals surface area contributed by atoms with Crippen molar-refractivity contribution in [2.24, 2.45) is 0 Å². The number of aromatic nitrogens is 2. The molecule has 0 amide bonds. The van der Waals surface area contributed by atoms with E-state index in [0.29, 0.717) is 5.82 Å². The molecule has 4 nitrogen and oxygen atoms in total. The monoisotopic (exact) mass is 288 g/mol. The lowest BCUT2D eigenvalue weighted by molar-refractivity contribution is -0.136. The van der Waals surface area contributed by atoms with Crippen LogP contribution in [0.1, 0.15) is 50.4 Å². The first-order valence-electron chi connectivity index (χ1n) is 7.79. The Morgan fingerprint density at radius 1 is 1.24 bits per heavy atom. The van der Waals surface area contributed by atoms with Gasteiger partial charge in [-0.1, -0.05) is 38.7 Å². The molecule has 1 N–H and O–H groups in total. The van der Waals surface area contributed by atoms with Crippen LogP contribution in [0.4, 0.5) is 0 Å². The molecule has 0 unspecified atom stereocenters. The smallest absolute Gasteiger partial charge is 0.311 e. The van der Waals surface area contributed by atoms with E-state index in [1.54, 1.807) is 0 Å². The van der Waals surface area contributed by atoms with Crippen LogP contribution >= 0.6 is 0 Å². The van der Waals surface area contributed by atoms with Crippen LogP contribution in [-0.4, -0.2) is 20.6 Å². The molecule has 0 aliphatic heterocycles. The van der Waals surface area contributed by atoms with Crippen molar-refractivity contribution in [3.63, 3.8) is 0 Å². The van der Waals surface area contributed by atoms with Gasteiger partial charge in [0.15, 0.2) is 0 Å². The minimum Gasteiger partial charge on any atom is -0.481 e. The lowest BCUT2D eigenvalue weighted by atomic mass is 10.1. The molecule has 1 aromatic carbocycles. The predicted octanol–water partition coefficient (Wildman–Crippen LogP) is 3.94. The number of carboxylic acid groups (broad SMARTS) is 1. The highest BCUT2D eigenvalue weighted by Crippen LogP contribution is 2.19. The number of hydrogen-bond acceptors (Lipinski definition) is 2. The van der Waals surface area contributed by atoms with Gasteiger partial charge in [0.2, 0.25) is 0 Å². The number of aliphatic carboxylic acids is 1. The molecule has 2 aromatic rings. The van der Waals surface area contributed by atoms with Gasteiger partial charge in [0.1, 0.15) is 12.2 Å². The summed E-state index contributed by atoms with van der Waals surface area (Å²) in [7, 11) is 0. The lowest BCUT2D eigenvalue weighted by Gasteiger charge is -2.08. The van der Waals surface area contributed by atoms with E-state index in [0.717, 1.165) is 29.6 Å². The van der Waals surface area contributed by atoms with Crippen LogP contribution in [0, 0.1) is 6.92 Å². The summed E-state index contributed by atoms with van der Waals surface area (Å²) < 4.78 is 2.08. The second-order valence-electron chi connectivity index (χ2n) is 5.66. The predicted molar refractivity (Wildman–Crippen MR) is 84.6 cm³/mol. The highest BCUT2D eigenvalue weighted by molar-refractivity contribution is 5.78. The van der Waals surface area contributed by atoms with Crippen molar-refractivity contribution >= 4 is 17.0 Å². The van der Waals surface area contributed by atoms with Crippen molar-refractivity contribution in [2.75, 3.05) is 0 Å². The summed E-state index contributed by atoms with van der Waals surface area (Å²) >= 11 is 0. The van der Waals surface area contributed by atoms with Crippen LogP contribution in [0.25, 0.3) is 11.0 Å². The Balaban J connectivity index is 2.19. The zero-order chi connectivity index (χ0) is 15.2. The maximum absolute atomic E-state index is 11.0. The molecule has 0 atom stereocenters. The Kier molecular flexibility index (Phi) is 5.37. The van der Waals surface area contributed by atoms with Crippen molar-refractivity contribution < 1.29 is 9.90 Å². The molecule has 0 spiro atoms. The number of unbranched alkanes of at least 4 members (excludes halogenated alkanes) is 4. The van der Waals surface area contributed by atoms with E-state index in [1.165, 1.54) is 25.7 Å². The van der Waals surface area contributed by atoms with Gasteiger partial charge in [-0.05, 0) is 31.0 Å². The summed E-state index contributed by atoms with van der Waals surface area (Å²) in [5.74, 6) is -0.159. The molecular weight excluding hydrogens is 264 g/mol. The number of aryl methyl sites for hydroxylation is 2. The third-order valence-electron chi connectivity index (χ3n) is 3.78. The van der Waals surface area contributed by atoms with Crippen LogP contribution in [0.3, 0.4) is 0 Å². The summed E-state index contributed by atoms with van der Waals surface area (Å²) in [6.07, 6.45) is 6.00. The molecular formula is C17H24N2O2. The fourth-order valence-corrected chi connectivity index (χ4v) is 2.68. The molecule has 1 aromatic heterocycles. The third-order valence-corrected chi connectivity index (χ3v) is 3.78. The topological polar surface area (TPSA) is 55.1 Å². The Bertz CT molecular complexity index is 617. The van der Waals surface area contributed by atoms with Gasteiger partial charge in [-0.2, -0.15) is 0 Å². The average molecular weight is 288 g/mol. The van der Waals surface area contributed by atoms with Gasteiger partial charge in [0, 0.05) is 6.54 Å². The molecule has 114 valence electrons. The highest BCUT2D eigenvalue weighted by atomic mass is 16.4. The maximum atomic E-state index is 11.0. The quantitative estimate of drug-likeness (QED) is 0.748. The van der Waals surface area contributed by atoms with Crippen LogP contribution in [0.5, 0.6) is 0 Å². The van der Waals surface area contributed by atoms with Crippen molar-refractivity contribution in [1.82, 2.24) is 9.55 Å². The first-order valence-corrected chi connectivity index (χ1v) is 7.79. The molecule has 0 bridgehead atoms. The average Bonchev–Trinajstić information content (AvgIpc) is 2.74. The van der Waals surface area contributed by atoms with Crippen molar-refractivity contribution in [3.05, 3.63) is 29.6 Å². The van der Waals surface area contributed by atoms with E-state index >= 15 is 0 Å². The third kappa shape index (κ3) is 4.06. The van der Waals surface area contributed by atoms with E-state index in [4.69, 9.17) is 5.11 Å². The Labute approximate surface area is 125 Å². The summed E-state index contributed by atoms with van der Waals surface area (Å²) in [5.41, 5.74) is 3.10. The molecule has 0 aliphatic rings. The van der Waals surface area contributed by atoms with E-state index < -0.39 is 5.97 Å². The molecule has 2 rings (SSSR count). The maximum Gasteiger partial charge on any atom is 0.311 e. The molecule has 0 aliphatic carbocycles. The number of carboxylic acids is 1. The normalized spacial score (nSPS) is 11.1. The van der Waals surface area contributed by atoms with Gasteiger partial charge >= 0.3 is 5.97 Å². The zero-order valence-electron chi connectivity index (χ0n) is 12.9. The molecule has 4 heteroatoms. The number of carbonyl (C=O) groups is 1. The first kappa shape index (κ1) is 15.5. The van der Waals surface area contributed by atoms with Gasteiger partial charge in [0.25, 0.3) is 0 Å². The van der Waals surface area contributed by atoms with Gasteiger partial charge in [0.05, 0.1) is 11.0 Å². The van der Waals surface area contributed by atoms with Crippen LogP contribution in [0.2, 0.25) is 0 Å². The molecule has 1 heterocycles. The van der Waals surface area contributed by atoms with Crippen molar-refractivity contribution in [2.45, 2.75) is 58.9 Å². The molecule has 0 saturated carbocycles. The fraction of sp³-hybridized carbons (Fsp3) is 0.529. The summed E-state index contributed by atoms with van der Waals surface area (Å²) in [5, 5.41) is 9.06. The van der Waals surface area contributed by atoms with Crippen molar-refractivity contribution in [3.8, 4) is 0 Å².